The highest BCUT2D eigenvalue weighted by molar-refractivity contribution is 9.10. The average Bonchev–Trinajstić information content (AvgIpc) is 2.87. The first-order chi connectivity index (χ1) is 7.69. The van der Waals surface area contributed by atoms with Crippen LogP contribution in [0.5, 0.6) is 0 Å². The molecule has 0 aliphatic carbocycles. The van der Waals surface area contributed by atoms with Gasteiger partial charge in [0.05, 0.1) is 24.3 Å². The van der Waals surface area contributed by atoms with Gasteiger partial charge in [-0.05, 0) is 28.1 Å². The topological polar surface area (TPSA) is 57.3 Å². The predicted octanol–water partition coefficient (Wildman–Crippen LogP) is 2.07. The van der Waals surface area contributed by atoms with Gasteiger partial charge in [0.15, 0.2) is 0 Å². The van der Waals surface area contributed by atoms with Gasteiger partial charge in [-0.15, -0.1) is 0 Å². The Labute approximate surface area is 100 Å². The van der Waals surface area contributed by atoms with Crippen LogP contribution in [0.3, 0.4) is 0 Å². The van der Waals surface area contributed by atoms with Crippen molar-refractivity contribution in [2.75, 3.05) is 7.11 Å². The molecule has 0 radical (unpaired) electrons. The molecule has 0 spiro atoms. The number of rotatable bonds is 3. The van der Waals surface area contributed by atoms with E-state index in [1.807, 2.05) is 6.20 Å². The standard InChI is InChI=1S/C10H9BrN2O3/c1-15-10(14)9-3-2-8(16-9)6-13-5-7(11)4-12-13/h2-5H,6H2,1H3. The highest BCUT2D eigenvalue weighted by Gasteiger charge is 2.11. The molecule has 16 heavy (non-hydrogen) atoms. The van der Waals surface area contributed by atoms with Gasteiger partial charge in [-0.2, -0.15) is 5.10 Å². The van der Waals surface area contributed by atoms with E-state index in [1.54, 1.807) is 23.0 Å². The fraction of sp³-hybridized carbons (Fsp3) is 0.200. The van der Waals surface area contributed by atoms with Gasteiger partial charge in [-0.1, -0.05) is 0 Å². The summed E-state index contributed by atoms with van der Waals surface area (Å²) in [6.07, 6.45) is 3.50. The molecule has 0 fully saturated rings. The van der Waals surface area contributed by atoms with Gasteiger partial charge in [-0.25, -0.2) is 4.79 Å². The lowest BCUT2D eigenvalue weighted by Gasteiger charge is -1.97. The molecule has 0 N–H and O–H groups in total. The first-order valence-corrected chi connectivity index (χ1v) is 5.33. The number of aromatic nitrogens is 2. The Morgan fingerprint density at radius 2 is 2.44 bits per heavy atom. The van der Waals surface area contributed by atoms with Gasteiger partial charge in [0.1, 0.15) is 5.76 Å². The van der Waals surface area contributed by atoms with E-state index in [0.717, 1.165) is 4.47 Å². The molecule has 0 aliphatic heterocycles. The molecule has 0 bridgehead atoms. The van der Waals surface area contributed by atoms with E-state index in [-0.39, 0.29) is 5.76 Å². The molecule has 2 rings (SSSR count). The number of ether oxygens (including phenoxy) is 1. The van der Waals surface area contributed by atoms with Crippen LogP contribution < -0.4 is 0 Å². The molecule has 2 aromatic heterocycles. The summed E-state index contributed by atoms with van der Waals surface area (Å²) in [7, 11) is 1.31. The molecule has 0 aromatic carbocycles. The Bertz CT molecular complexity index is 504. The Kier molecular flexibility index (Phi) is 3.09. The molecule has 84 valence electrons. The second-order valence-electron chi connectivity index (χ2n) is 3.11. The number of halogens is 1. The molecule has 2 aromatic rings. The van der Waals surface area contributed by atoms with Gasteiger partial charge in [0, 0.05) is 6.20 Å². The molecule has 0 atom stereocenters. The Balaban J connectivity index is 2.11. The normalized spacial score (nSPS) is 10.4. The number of hydrogen-bond acceptors (Lipinski definition) is 4. The zero-order chi connectivity index (χ0) is 11.5. The lowest BCUT2D eigenvalue weighted by molar-refractivity contribution is 0.0563. The van der Waals surface area contributed by atoms with Crippen LogP contribution in [0.15, 0.2) is 33.4 Å². The van der Waals surface area contributed by atoms with Crippen molar-refractivity contribution >= 4 is 21.9 Å². The lowest BCUT2D eigenvalue weighted by Crippen LogP contribution is -2.00. The fourth-order valence-electron chi connectivity index (χ4n) is 1.26. The first-order valence-electron chi connectivity index (χ1n) is 4.54. The number of furan rings is 1. The van der Waals surface area contributed by atoms with Gasteiger partial charge in [0.25, 0.3) is 0 Å². The summed E-state index contributed by atoms with van der Waals surface area (Å²) in [5, 5.41) is 4.08. The maximum absolute atomic E-state index is 11.1. The number of hydrogen-bond donors (Lipinski definition) is 0. The number of nitrogens with zero attached hydrogens (tertiary/aromatic N) is 2. The minimum absolute atomic E-state index is 0.198. The number of carbonyl (C=O) groups is 1. The Hall–Kier alpha value is -1.56. The minimum Gasteiger partial charge on any atom is -0.463 e. The monoisotopic (exact) mass is 284 g/mol. The summed E-state index contributed by atoms with van der Waals surface area (Å²) >= 11 is 3.30. The van der Waals surface area contributed by atoms with Gasteiger partial charge in [-0.3, -0.25) is 4.68 Å². The van der Waals surface area contributed by atoms with Crippen molar-refractivity contribution in [2.24, 2.45) is 0 Å². The molecular formula is C10H9BrN2O3. The fourth-order valence-corrected chi connectivity index (χ4v) is 1.59. The SMILES string of the molecule is COC(=O)c1ccc(Cn2cc(Br)cn2)o1. The van der Waals surface area contributed by atoms with Gasteiger partial charge >= 0.3 is 5.97 Å². The second kappa shape index (κ2) is 4.52. The van der Waals surface area contributed by atoms with E-state index >= 15 is 0 Å². The summed E-state index contributed by atoms with van der Waals surface area (Å²) in [6, 6.07) is 3.31. The molecule has 5 nitrogen and oxygen atoms in total. The summed E-state index contributed by atoms with van der Waals surface area (Å²) in [4.78, 5) is 11.1. The zero-order valence-corrected chi connectivity index (χ0v) is 10.1. The highest BCUT2D eigenvalue weighted by atomic mass is 79.9. The van der Waals surface area contributed by atoms with Crippen molar-refractivity contribution in [3.05, 3.63) is 40.5 Å². The smallest absolute Gasteiger partial charge is 0.373 e. The molecule has 0 aliphatic rings. The molecule has 6 heteroatoms. The molecular weight excluding hydrogens is 276 g/mol. The average molecular weight is 285 g/mol. The molecule has 0 saturated heterocycles. The van der Waals surface area contributed by atoms with Crippen molar-refractivity contribution in [2.45, 2.75) is 6.54 Å². The van der Waals surface area contributed by atoms with Gasteiger partial charge < -0.3 is 9.15 Å². The van der Waals surface area contributed by atoms with E-state index in [9.17, 15) is 4.79 Å². The zero-order valence-electron chi connectivity index (χ0n) is 8.51. The van der Waals surface area contributed by atoms with E-state index in [2.05, 4.69) is 25.8 Å². The number of carbonyl (C=O) groups excluding carboxylic acids is 1. The first kappa shape index (κ1) is 10.9. The van der Waals surface area contributed by atoms with Gasteiger partial charge in [0.2, 0.25) is 5.76 Å². The third kappa shape index (κ3) is 2.33. The Morgan fingerprint density at radius 3 is 3.06 bits per heavy atom. The van der Waals surface area contributed by atoms with Crippen LogP contribution >= 0.6 is 15.9 Å². The summed E-state index contributed by atoms with van der Waals surface area (Å²) in [6.45, 7) is 0.475. The van der Waals surface area contributed by atoms with Crippen molar-refractivity contribution in [3.63, 3.8) is 0 Å². The van der Waals surface area contributed by atoms with Crippen LogP contribution in [0.2, 0.25) is 0 Å². The molecule has 2 heterocycles. The highest BCUT2D eigenvalue weighted by Crippen LogP contribution is 2.12. The van der Waals surface area contributed by atoms with Crippen LogP contribution in [0.1, 0.15) is 16.3 Å². The maximum Gasteiger partial charge on any atom is 0.373 e. The van der Waals surface area contributed by atoms with Crippen LogP contribution in [0.4, 0.5) is 0 Å². The van der Waals surface area contributed by atoms with Crippen LogP contribution in [0, 0.1) is 0 Å². The number of esters is 1. The molecule has 0 unspecified atom stereocenters. The predicted molar refractivity (Wildman–Crippen MR) is 59.1 cm³/mol. The second-order valence-corrected chi connectivity index (χ2v) is 4.03. The maximum atomic E-state index is 11.1. The quantitative estimate of drug-likeness (QED) is 0.810. The van der Waals surface area contributed by atoms with E-state index < -0.39 is 5.97 Å². The van der Waals surface area contributed by atoms with E-state index in [4.69, 9.17) is 4.42 Å². The van der Waals surface area contributed by atoms with Crippen molar-refractivity contribution < 1.29 is 13.9 Å². The lowest BCUT2D eigenvalue weighted by atomic mass is 10.4. The summed E-state index contributed by atoms with van der Waals surface area (Å²) < 4.78 is 12.4. The van der Waals surface area contributed by atoms with Crippen molar-refractivity contribution in [1.82, 2.24) is 9.78 Å². The summed E-state index contributed by atoms with van der Waals surface area (Å²) in [5.74, 6) is 0.368. The van der Waals surface area contributed by atoms with Crippen molar-refractivity contribution in [1.29, 1.82) is 0 Å². The largest absolute Gasteiger partial charge is 0.463 e. The Morgan fingerprint density at radius 1 is 1.62 bits per heavy atom. The van der Waals surface area contributed by atoms with E-state index in [1.165, 1.54) is 7.11 Å². The third-order valence-electron chi connectivity index (χ3n) is 1.97. The van der Waals surface area contributed by atoms with Crippen LogP contribution in [-0.4, -0.2) is 22.9 Å². The van der Waals surface area contributed by atoms with Crippen molar-refractivity contribution in [3.8, 4) is 0 Å². The number of methoxy groups -OCH3 is 1. The molecule has 0 amide bonds. The van der Waals surface area contributed by atoms with E-state index in [0.29, 0.717) is 12.3 Å². The van der Waals surface area contributed by atoms with Crippen LogP contribution in [0.25, 0.3) is 0 Å². The third-order valence-corrected chi connectivity index (χ3v) is 2.38. The molecule has 0 saturated carbocycles. The minimum atomic E-state index is -0.479. The summed E-state index contributed by atoms with van der Waals surface area (Å²) in [5.41, 5.74) is 0. The van der Waals surface area contributed by atoms with Crippen LogP contribution in [-0.2, 0) is 11.3 Å².